The van der Waals surface area contributed by atoms with Gasteiger partial charge in [-0.3, -0.25) is 24.0 Å². The Kier molecular flexibility index (Phi) is 14.7. The van der Waals surface area contributed by atoms with Gasteiger partial charge in [-0.25, -0.2) is 4.79 Å². The van der Waals surface area contributed by atoms with Gasteiger partial charge in [-0.1, -0.05) is 12.1 Å². The molecular weight excluding hydrogens is 528 g/mol. The molecule has 0 spiro atoms. The number of aromatic hydroxyl groups is 1. The molecule has 15 heteroatoms. The Morgan fingerprint density at radius 1 is 0.750 bits per heavy atom. The minimum Gasteiger partial charge on any atom is -0.508 e. The van der Waals surface area contributed by atoms with Crippen molar-refractivity contribution in [2.24, 2.45) is 17.2 Å². The van der Waals surface area contributed by atoms with Gasteiger partial charge < -0.3 is 48.5 Å². The summed E-state index contributed by atoms with van der Waals surface area (Å²) in [5.74, 6) is -5.82. The number of amides is 4. The minimum absolute atomic E-state index is 0.0339. The average Bonchev–Trinajstić information content (AvgIpc) is 2.88. The summed E-state index contributed by atoms with van der Waals surface area (Å²) in [5.41, 5.74) is 17.3. The highest BCUT2D eigenvalue weighted by Gasteiger charge is 2.30. The van der Waals surface area contributed by atoms with E-state index < -0.39 is 66.2 Å². The van der Waals surface area contributed by atoms with Crippen molar-refractivity contribution in [3.63, 3.8) is 0 Å². The Bertz CT molecular complexity index is 1030. The second-order valence-electron chi connectivity index (χ2n) is 9.22. The van der Waals surface area contributed by atoms with E-state index in [1.807, 2.05) is 0 Å². The van der Waals surface area contributed by atoms with Gasteiger partial charge in [0.1, 0.15) is 23.9 Å². The molecule has 1 rings (SSSR count). The number of carboxylic acid groups (broad SMARTS) is 2. The zero-order valence-electron chi connectivity index (χ0n) is 22.0. The van der Waals surface area contributed by atoms with Crippen molar-refractivity contribution in [2.75, 3.05) is 6.54 Å². The fourth-order valence-corrected chi connectivity index (χ4v) is 3.64. The number of nitrogens with one attached hydrogen (secondary N) is 3. The summed E-state index contributed by atoms with van der Waals surface area (Å²) >= 11 is 0. The maximum atomic E-state index is 13.1. The Labute approximate surface area is 230 Å². The zero-order chi connectivity index (χ0) is 30.2. The molecule has 0 saturated heterocycles. The molecule has 1 aromatic carbocycles. The third-order valence-electron chi connectivity index (χ3n) is 5.88. The fourth-order valence-electron chi connectivity index (χ4n) is 3.64. The Morgan fingerprint density at radius 2 is 1.27 bits per heavy atom. The second kappa shape index (κ2) is 17.4. The highest BCUT2D eigenvalue weighted by Crippen LogP contribution is 2.11. The van der Waals surface area contributed by atoms with Crippen molar-refractivity contribution in [1.82, 2.24) is 16.0 Å². The van der Waals surface area contributed by atoms with Crippen molar-refractivity contribution in [2.45, 2.75) is 75.5 Å². The van der Waals surface area contributed by atoms with Crippen LogP contribution in [0.4, 0.5) is 0 Å². The van der Waals surface area contributed by atoms with Gasteiger partial charge in [-0.05, 0) is 62.8 Å². The molecule has 222 valence electrons. The number of carboxylic acids is 2. The lowest BCUT2D eigenvalue weighted by atomic mass is 10.0. The number of carbonyl (C=O) groups excluding carboxylic acids is 4. The van der Waals surface area contributed by atoms with Gasteiger partial charge in [0.2, 0.25) is 23.6 Å². The molecule has 40 heavy (non-hydrogen) atoms. The van der Waals surface area contributed by atoms with Crippen LogP contribution in [0.5, 0.6) is 5.75 Å². The third kappa shape index (κ3) is 13.0. The van der Waals surface area contributed by atoms with Gasteiger partial charge in [0.25, 0.3) is 0 Å². The van der Waals surface area contributed by atoms with Crippen molar-refractivity contribution in [3.05, 3.63) is 29.8 Å². The first-order valence-corrected chi connectivity index (χ1v) is 12.7. The van der Waals surface area contributed by atoms with Crippen LogP contribution in [0.2, 0.25) is 0 Å². The van der Waals surface area contributed by atoms with E-state index in [-0.39, 0.29) is 37.9 Å². The van der Waals surface area contributed by atoms with Crippen LogP contribution < -0.4 is 33.2 Å². The lowest BCUT2D eigenvalue weighted by molar-refractivity contribution is -0.143. The Hall–Kier alpha value is -4.24. The molecule has 4 amide bonds. The number of phenolic OH excluding ortho intramolecular Hbond substituents is 1. The van der Waals surface area contributed by atoms with Gasteiger partial charge >= 0.3 is 11.9 Å². The molecule has 0 aliphatic carbocycles. The van der Waals surface area contributed by atoms with Crippen molar-refractivity contribution in [1.29, 1.82) is 0 Å². The maximum absolute atomic E-state index is 13.1. The number of benzene rings is 1. The van der Waals surface area contributed by atoms with Gasteiger partial charge in [-0.2, -0.15) is 0 Å². The van der Waals surface area contributed by atoms with Crippen molar-refractivity contribution in [3.8, 4) is 5.75 Å². The van der Waals surface area contributed by atoms with Gasteiger partial charge in [-0.15, -0.1) is 0 Å². The van der Waals surface area contributed by atoms with E-state index in [9.17, 15) is 39.0 Å². The van der Waals surface area contributed by atoms with Crippen molar-refractivity contribution >= 4 is 35.6 Å². The molecule has 0 saturated carbocycles. The van der Waals surface area contributed by atoms with E-state index in [0.29, 0.717) is 24.9 Å². The number of primary amides is 1. The molecule has 15 nitrogen and oxygen atoms in total. The Balaban J connectivity index is 3.01. The predicted octanol–water partition coefficient (Wildman–Crippen LogP) is -1.94. The quantitative estimate of drug-likeness (QED) is 0.0830. The van der Waals surface area contributed by atoms with Gasteiger partial charge in [0, 0.05) is 12.8 Å². The molecule has 0 aliphatic heterocycles. The Morgan fingerprint density at radius 3 is 1.80 bits per heavy atom. The van der Waals surface area contributed by atoms with Crippen LogP contribution in [0.3, 0.4) is 0 Å². The number of phenols is 1. The normalized spacial score (nSPS) is 13.8. The third-order valence-corrected chi connectivity index (χ3v) is 5.88. The number of unbranched alkanes of at least 4 members (excludes halogenated alkanes) is 1. The molecular formula is C25H38N6O9. The number of aliphatic carboxylic acids is 2. The molecule has 0 heterocycles. The molecule has 0 bridgehead atoms. The molecule has 4 atom stereocenters. The molecule has 4 unspecified atom stereocenters. The fraction of sp³-hybridized carbons (Fsp3) is 0.520. The first kappa shape index (κ1) is 33.8. The minimum atomic E-state index is -1.51. The van der Waals surface area contributed by atoms with E-state index in [1.165, 1.54) is 12.1 Å². The summed E-state index contributed by atoms with van der Waals surface area (Å²) in [6.07, 6.45) is -0.335. The number of nitrogens with two attached hydrogens (primary N) is 3. The van der Waals surface area contributed by atoms with Gasteiger partial charge in [0.05, 0.1) is 6.04 Å². The van der Waals surface area contributed by atoms with Crippen LogP contribution in [0.25, 0.3) is 0 Å². The first-order chi connectivity index (χ1) is 18.8. The van der Waals surface area contributed by atoms with Crippen LogP contribution in [0, 0.1) is 0 Å². The van der Waals surface area contributed by atoms with E-state index in [1.54, 1.807) is 12.1 Å². The maximum Gasteiger partial charge on any atom is 0.326 e. The topological polar surface area (TPSA) is 277 Å². The summed E-state index contributed by atoms with van der Waals surface area (Å²) in [4.78, 5) is 72.6. The first-order valence-electron chi connectivity index (χ1n) is 12.7. The monoisotopic (exact) mass is 566 g/mol. The van der Waals surface area contributed by atoms with E-state index in [0.717, 1.165) is 0 Å². The predicted molar refractivity (Wildman–Crippen MR) is 141 cm³/mol. The van der Waals surface area contributed by atoms with E-state index in [2.05, 4.69) is 16.0 Å². The van der Waals surface area contributed by atoms with Crippen LogP contribution in [-0.4, -0.2) is 81.6 Å². The summed E-state index contributed by atoms with van der Waals surface area (Å²) < 4.78 is 0. The summed E-state index contributed by atoms with van der Waals surface area (Å²) in [6, 6.07) is 0.840. The highest BCUT2D eigenvalue weighted by atomic mass is 16.4. The van der Waals surface area contributed by atoms with E-state index in [4.69, 9.17) is 22.3 Å². The summed E-state index contributed by atoms with van der Waals surface area (Å²) in [7, 11) is 0. The smallest absolute Gasteiger partial charge is 0.326 e. The van der Waals surface area contributed by atoms with Crippen LogP contribution in [0.1, 0.15) is 50.5 Å². The molecule has 0 aliphatic rings. The summed E-state index contributed by atoms with van der Waals surface area (Å²) in [5, 5.41) is 34.8. The summed E-state index contributed by atoms with van der Waals surface area (Å²) in [6.45, 7) is 0.300. The number of hydrogen-bond donors (Lipinski definition) is 9. The lowest BCUT2D eigenvalue weighted by Crippen LogP contribution is -2.57. The zero-order valence-corrected chi connectivity index (χ0v) is 22.0. The number of carbonyl (C=O) groups is 6. The number of hydrogen-bond acceptors (Lipinski definition) is 9. The number of rotatable bonds is 19. The van der Waals surface area contributed by atoms with Crippen LogP contribution in [-0.2, 0) is 35.2 Å². The SMILES string of the molecule is NCCCCC(NC(=O)C(CCC(N)=O)NC(=O)C(N)Cc1ccc(O)cc1)C(=O)NC(CCC(=O)O)C(=O)O. The molecule has 1 aromatic rings. The molecule has 12 N–H and O–H groups in total. The lowest BCUT2D eigenvalue weighted by Gasteiger charge is -2.25. The van der Waals surface area contributed by atoms with Crippen molar-refractivity contribution < 1.29 is 44.1 Å². The van der Waals surface area contributed by atoms with E-state index >= 15 is 0 Å². The largest absolute Gasteiger partial charge is 0.508 e. The average molecular weight is 567 g/mol. The second-order valence-corrected chi connectivity index (χ2v) is 9.22. The molecule has 0 radical (unpaired) electrons. The van der Waals surface area contributed by atoms with Crippen LogP contribution in [0.15, 0.2) is 24.3 Å². The highest BCUT2D eigenvalue weighted by molar-refractivity contribution is 5.94. The van der Waals surface area contributed by atoms with Gasteiger partial charge in [0.15, 0.2) is 0 Å². The van der Waals surface area contributed by atoms with Crippen LogP contribution >= 0.6 is 0 Å². The standard InChI is InChI=1S/C25H38N6O9/c26-12-2-1-3-17(23(37)31-19(25(39)40)9-11-21(34)35)30-24(38)18(8-10-20(28)33)29-22(36)16(27)13-14-4-6-15(32)7-5-14/h4-7,16-19,32H,1-3,8-13,26-27H2,(H2,28,33)(H,29,36)(H,30,38)(H,31,37)(H,34,35)(H,39,40). The molecule has 0 aromatic heterocycles. The molecule has 0 fully saturated rings.